The second-order valence-electron chi connectivity index (χ2n) is 4.02. The van der Waals surface area contributed by atoms with E-state index in [1.807, 2.05) is 0 Å². The van der Waals surface area contributed by atoms with Gasteiger partial charge in [-0.2, -0.15) is 4.31 Å². The van der Waals surface area contributed by atoms with Crippen molar-refractivity contribution in [2.24, 2.45) is 0 Å². The fourth-order valence-corrected chi connectivity index (χ4v) is 4.68. The van der Waals surface area contributed by atoms with Gasteiger partial charge in [-0.25, -0.2) is 8.42 Å². The number of benzene rings is 1. The molecule has 0 atom stereocenters. The Morgan fingerprint density at radius 3 is 2.42 bits per heavy atom. The van der Waals surface area contributed by atoms with Gasteiger partial charge in [-0.1, -0.05) is 39.1 Å². The van der Waals surface area contributed by atoms with Gasteiger partial charge < -0.3 is 4.74 Å². The molecule has 0 N–H and O–H groups in total. The minimum absolute atomic E-state index is 0.0470. The number of sulfonamides is 1. The molecule has 1 saturated heterocycles. The zero-order valence-corrected chi connectivity index (χ0v) is 13.8. The first kappa shape index (κ1) is 15.5. The molecule has 0 spiro atoms. The monoisotopic (exact) mass is 387 g/mol. The molecule has 1 aromatic rings. The van der Waals surface area contributed by atoms with Gasteiger partial charge >= 0.3 is 0 Å². The van der Waals surface area contributed by atoms with Gasteiger partial charge in [-0.3, -0.25) is 0 Å². The van der Waals surface area contributed by atoms with Gasteiger partial charge in [0.25, 0.3) is 0 Å². The first-order valence-corrected chi connectivity index (χ1v) is 8.90. The van der Waals surface area contributed by atoms with Gasteiger partial charge in [0.05, 0.1) is 18.2 Å². The molecule has 1 fully saturated rings. The Hall–Kier alpha value is 0.150. The van der Waals surface area contributed by atoms with Crippen molar-refractivity contribution in [3.63, 3.8) is 0 Å². The molecule has 8 heteroatoms. The highest BCUT2D eigenvalue weighted by Crippen LogP contribution is 2.31. The molecule has 1 heterocycles. The summed E-state index contributed by atoms with van der Waals surface area (Å²) in [5.41, 5.74) is 0.757. The molecule has 0 aliphatic carbocycles. The highest BCUT2D eigenvalue weighted by molar-refractivity contribution is 9.08. The largest absolute Gasteiger partial charge is 0.379 e. The lowest BCUT2D eigenvalue weighted by Crippen LogP contribution is -2.40. The van der Waals surface area contributed by atoms with Crippen LogP contribution in [0, 0.1) is 0 Å². The van der Waals surface area contributed by atoms with Crippen molar-refractivity contribution in [2.75, 3.05) is 26.3 Å². The zero-order valence-electron chi connectivity index (χ0n) is 9.90. The third kappa shape index (κ3) is 3.25. The highest BCUT2D eigenvalue weighted by atomic mass is 79.9. The number of ether oxygens (including phenoxy) is 1. The van der Waals surface area contributed by atoms with Crippen LogP contribution in [-0.4, -0.2) is 39.0 Å². The molecule has 1 aromatic carbocycles. The van der Waals surface area contributed by atoms with Gasteiger partial charge in [-0.05, 0) is 17.7 Å². The maximum atomic E-state index is 12.5. The van der Waals surface area contributed by atoms with Crippen molar-refractivity contribution >= 4 is 49.2 Å². The Bertz CT molecular complexity index is 574. The van der Waals surface area contributed by atoms with Crippen LogP contribution < -0.4 is 0 Å². The summed E-state index contributed by atoms with van der Waals surface area (Å²) in [5, 5.41) is 1.09. The lowest BCUT2D eigenvalue weighted by Gasteiger charge is -2.26. The quantitative estimate of drug-likeness (QED) is 0.748. The topological polar surface area (TPSA) is 46.6 Å². The number of morpholine rings is 1. The minimum Gasteiger partial charge on any atom is -0.379 e. The van der Waals surface area contributed by atoms with E-state index >= 15 is 0 Å². The van der Waals surface area contributed by atoms with Crippen LogP contribution >= 0.6 is 39.1 Å². The fraction of sp³-hybridized carbons (Fsp3) is 0.455. The van der Waals surface area contributed by atoms with Crippen molar-refractivity contribution in [2.45, 2.75) is 10.2 Å². The molecule has 1 aliphatic heterocycles. The second kappa shape index (κ2) is 6.28. The van der Waals surface area contributed by atoms with E-state index in [-0.39, 0.29) is 9.92 Å². The highest BCUT2D eigenvalue weighted by Gasteiger charge is 2.29. The number of rotatable bonds is 3. The Balaban J connectivity index is 2.42. The molecule has 0 aromatic heterocycles. The van der Waals surface area contributed by atoms with E-state index < -0.39 is 10.0 Å². The third-order valence-corrected chi connectivity index (χ3v) is 6.15. The van der Waals surface area contributed by atoms with Crippen LogP contribution in [0.2, 0.25) is 10.0 Å². The standard InChI is InChI=1S/C11H12BrCl2NO3S/c12-7-8-5-10(14)11(6-9(8)13)19(16,17)15-1-3-18-4-2-15/h5-6H,1-4,7H2. The number of hydrogen-bond donors (Lipinski definition) is 0. The van der Waals surface area contributed by atoms with Crippen LogP contribution in [0.1, 0.15) is 5.56 Å². The van der Waals surface area contributed by atoms with Crippen LogP contribution in [-0.2, 0) is 20.1 Å². The van der Waals surface area contributed by atoms with Crippen LogP contribution in [0.3, 0.4) is 0 Å². The summed E-state index contributed by atoms with van der Waals surface area (Å²) < 4.78 is 31.5. The molecule has 2 rings (SSSR count). The van der Waals surface area contributed by atoms with E-state index in [4.69, 9.17) is 27.9 Å². The molecule has 0 bridgehead atoms. The zero-order chi connectivity index (χ0) is 14.0. The Kier molecular flexibility index (Phi) is 5.14. The molecule has 19 heavy (non-hydrogen) atoms. The Labute approximate surface area is 130 Å². The summed E-state index contributed by atoms with van der Waals surface area (Å²) in [4.78, 5) is 0.0470. The first-order chi connectivity index (χ1) is 8.96. The van der Waals surface area contributed by atoms with Crippen molar-refractivity contribution in [3.05, 3.63) is 27.7 Å². The van der Waals surface area contributed by atoms with Gasteiger partial charge in [0.1, 0.15) is 4.90 Å². The van der Waals surface area contributed by atoms with Crippen molar-refractivity contribution in [1.82, 2.24) is 4.31 Å². The summed E-state index contributed by atoms with van der Waals surface area (Å²) in [5.74, 6) is 0. The Morgan fingerprint density at radius 1 is 1.21 bits per heavy atom. The summed E-state index contributed by atoms with van der Waals surface area (Å²) >= 11 is 15.4. The number of nitrogens with zero attached hydrogens (tertiary/aromatic N) is 1. The van der Waals surface area contributed by atoms with E-state index in [1.165, 1.54) is 10.4 Å². The van der Waals surface area contributed by atoms with Crippen molar-refractivity contribution < 1.29 is 13.2 Å². The van der Waals surface area contributed by atoms with Crippen molar-refractivity contribution in [1.29, 1.82) is 0 Å². The van der Waals surface area contributed by atoms with E-state index in [9.17, 15) is 8.42 Å². The van der Waals surface area contributed by atoms with Crippen LogP contribution in [0.15, 0.2) is 17.0 Å². The predicted molar refractivity (Wildman–Crippen MR) is 78.7 cm³/mol. The number of halogens is 3. The molecule has 0 amide bonds. The summed E-state index contributed by atoms with van der Waals surface area (Å²) in [6.07, 6.45) is 0. The molecular formula is C11H12BrCl2NO3S. The van der Waals surface area contributed by atoms with Gasteiger partial charge in [0.2, 0.25) is 10.0 Å². The first-order valence-electron chi connectivity index (χ1n) is 5.58. The van der Waals surface area contributed by atoms with Crippen LogP contribution in [0.5, 0.6) is 0 Å². The average molecular weight is 389 g/mol. The van der Waals surface area contributed by atoms with Crippen molar-refractivity contribution in [3.8, 4) is 0 Å². The van der Waals surface area contributed by atoms with E-state index in [0.717, 1.165) is 5.56 Å². The predicted octanol–water partition coefficient (Wildman–Crippen LogP) is 2.91. The second-order valence-corrected chi connectivity index (χ2v) is 7.31. The maximum Gasteiger partial charge on any atom is 0.244 e. The minimum atomic E-state index is -3.62. The van der Waals surface area contributed by atoms with E-state index in [0.29, 0.717) is 36.7 Å². The normalized spacial score (nSPS) is 17.6. The summed E-state index contributed by atoms with van der Waals surface area (Å²) in [7, 11) is -3.62. The van der Waals surface area contributed by atoms with Crippen LogP contribution in [0.4, 0.5) is 0 Å². The summed E-state index contributed by atoms with van der Waals surface area (Å²) in [6.45, 7) is 1.45. The molecule has 0 radical (unpaired) electrons. The molecule has 1 aliphatic rings. The van der Waals surface area contributed by atoms with Crippen LogP contribution in [0.25, 0.3) is 0 Å². The van der Waals surface area contributed by atoms with Gasteiger partial charge in [0, 0.05) is 23.4 Å². The van der Waals surface area contributed by atoms with Gasteiger partial charge in [0.15, 0.2) is 0 Å². The molecule has 0 unspecified atom stereocenters. The number of alkyl halides is 1. The third-order valence-electron chi connectivity index (χ3n) is 2.83. The molecular weight excluding hydrogens is 377 g/mol. The smallest absolute Gasteiger partial charge is 0.244 e. The molecule has 106 valence electrons. The van der Waals surface area contributed by atoms with E-state index in [2.05, 4.69) is 15.9 Å². The summed E-state index contributed by atoms with van der Waals surface area (Å²) in [6, 6.07) is 2.98. The fourth-order valence-electron chi connectivity index (χ4n) is 1.80. The lowest BCUT2D eigenvalue weighted by atomic mass is 10.2. The average Bonchev–Trinajstić information content (AvgIpc) is 2.41. The SMILES string of the molecule is O=S(=O)(c1cc(Cl)c(CBr)cc1Cl)N1CCOCC1. The Morgan fingerprint density at radius 2 is 1.84 bits per heavy atom. The number of hydrogen-bond acceptors (Lipinski definition) is 3. The molecule has 0 saturated carbocycles. The van der Waals surface area contributed by atoms with Gasteiger partial charge in [-0.15, -0.1) is 0 Å². The molecule has 4 nitrogen and oxygen atoms in total. The lowest BCUT2D eigenvalue weighted by molar-refractivity contribution is 0.0730. The maximum absolute atomic E-state index is 12.5. The van der Waals surface area contributed by atoms with E-state index in [1.54, 1.807) is 6.07 Å².